The molecule has 4 heteroatoms. The standard InChI is InChI=1S/C17H17BrN2O/c1-5-12-10(3)17(4,6-2)16-19-15(21)14-11(18)8-7-9-13(14)20(12)16/h5,7-9H,1,6H2,2-4H3. The van der Waals surface area contributed by atoms with Crippen molar-refractivity contribution in [3.63, 3.8) is 0 Å². The first-order valence-electron chi connectivity index (χ1n) is 7.01. The molecule has 0 amide bonds. The van der Waals surface area contributed by atoms with Crippen LogP contribution in [0.15, 0.2) is 45.7 Å². The van der Waals surface area contributed by atoms with Gasteiger partial charge in [0.1, 0.15) is 5.82 Å². The predicted molar refractivity (Wildman–Crippen MR) is 90.4 cm³/mol. The van der Waals surface area contributed by atoms with E-state index in [9.17, 15) is 4.79 Å². The van der Waals surface area contributed by atoms with Gasteiger partial charge in [-0.1, -0.05) is 19.6 Å². The van der Waals surface area contributed by atoms with Gasteiger partial charge in [-0.25, -0.2) is 0 Å². The van der Waals surface area contributed by atoms with Crippen molar-refractivity contribution in [1.82, 2.24) is 9.55 Å². The van der Waals surface area contributed by atoms with E-state index < -0.39 is 0 Å². The van der Waals surface area contributed by atoms with Crippen molar-refractivity contribution >= 4 is 32.5 Å². The lowest BCUT2D eigenvalue weighted by Gasteiger charge is -2.24. The zero-order chi connectivity index (χ0) is 15.4. The number of fused-ring (bicyclic) bond motifs is 3. The summed E-state index contributed by atoms with van der Waals surface area (Å²) in [5, 5.41) is 0.619. The molecule has 108 valence electrons. The second-order valence-electron chi connectivity index (χ2n) is 5.61. The van der Waals surface area contributed by atoms with Crippen molar-refractivity contribution in [1.29, 1.82) is 0 Å². The molecule has 3 nitrogen and oxygen atoms in total. The van der Waals surface area contributed by atoms with Gasteiger partial charge >= 0.3 is 0 Å². The van der Waals surface area contributed by atoms with Gasteiger partial charge in [-0.15, -0.1) is 0 Å². The van der Waals surface area contributed by atoms with Crippen LogP contribution in [0.2, 0.25) is 0 Å². The summed E-state index contributed by atoms with van der Waals surface area (Å²) in [4.78, 5) is 16.9. The number of nitrogens with zero attached hydrogens (tertiary/aromatic N) is 2. The van der Waals surface area contributed by atoms with Gasteiger partial charge in [-0.2, -0.15) is 4.98 Å². The first-order valence-corrected chi connectivity index (χ1v) is 7.81. The van der Waals surface area contributed by atoms with E-state index in [4.69, 9.17) is 0 Å². The molecule has 1 aliphatic heterocycles. The van der Waals surface area contributed by atoms with Crippen LogP contribution in [0.1, 0.15) is 33.0 Å². The molecule has 1 atom stereocenters. The van der Waals surface area contributed by atoms with Gasteiger partial charge in [-0.3, -0.25) is 9.36 Å². The van der Waals surface area contributed by atoms with Crippen molar-refractivity contribution in [2.75, 3.05) is 0 Å². The fraction of sp³-hybridized carbons (Fsp3) is 0.294. The average molecular weight is 345 g/mol. The van der Waals surface area contributed by atoms with Crippen LogP contribution in [0.3, 0.4) is 0 Å². The van der Waals surface area contributed by atoms with E-state index >= 15 is 0 Å². The van der Waals surface area contributed by atoms with Crippen molar-refractivity contribution < 1.29 is 0 Å². The first-order chi connectivity index (χ1) is 9.95. The lowest BCUT2D eigenvalue weighted by atomic mass is 9.81. The van der Waals surface area contributed by atoms with Crippen LogP contribution < -0.4 is 5.56 Å². The Morgan fingerprint density at radius 2 is 2.19 bits per heavy atom. The fourth-order valence-corrected chi connectivity index (χ4v) is 3.65. The highest BCUT2D eigenvalue weighted by Crippen LogP contribution is 2.44. The number of aromatic nitrogens is 2. The van der Waals surface area contributed by atoms with E-state index in [1.54, 1.807) is 0 Å². The van der Waals surface area contributed by atoms with Crippen LogP contribution in [0.25, 0.3) is 16.6 Å². The Kier molecular flexibility index (Phi) is 3.17. The molecule has 21 heavy (non-hydrogen) atoms. The number of halogens is 1. The average Bonchev–Trinajstić information content (AvgIpc) is 2.69. The highest BCUT2D eigenvalue weighted by atomic mass is 79.9. The van der Waals surface area contributed by atoms with Gasteiger partial charge in [0.25, 0.3) is 5.56 Å². The normalized spacial score (nSPS) is 21.0. The van der Waals surface area contributed by atoms with E-state index in [0.29, 0.717) is 5.39 Å². The molecule has 0 N–H and O–H groups in total. The van der Waals surface area contributed by atoms with E-state index in [2.05, 4.69) is 52.8 Å². The molecular formula is C17H17BrN2O. The summed E-state index contributed by atoms with van der Waals surface area (Å²) in [5.41, 5.74) is 2.72. The van der Waals surface area contributed by atoms with Gasteiger partial charge in [0.15, 0.2) is 0 Å². The topological polar surface area (TPSA) is 34.9 Å². The quantitative estimate of drug-likeness (QED) is 0.815. The third kappa shape index (κ3) is 1.72. The molecule has 0 spiro atoms. The first kappa shape index (κ1) is 14.3. The number of hydrogen-bond donors (Lipinski definition) is 0. The van der Waals surface area contributed by atoms with Gasteiger partial charge in [-0.05, 0) is 60.0 Å². The largest absolute Gasteiger partial charge is 0.297 e. The highest BCUT2D eigenvalue weighted by molar-refractivity contribution is 9.10. The third-order valence-electron chi connectivity index (χ3n) is 4.71. The molecule has 0 saturated carbocycles. The zero-order valence-electron chi connectivity index (χ0n) is 12.4. The second-order valence-corrected chi connectivity index (χ2v) is 6.46. The highest BCUT2D eigenvalue weighted by Gasteiger charge is 2.39. The minimum absolute atomic E-state index is 0.179. The van der Waals surface area contributed by atoms with Crippen molar-refractivity contribution in [2.24, 2.45) is 0 Å². The van der Waals surface area contributed by atoms with Gasteiger partial charge < -0.3 is 0 Å². The van der Waals surface area contributed by atoms with Crippen LogP contribution in [0, 0.1) is 0 Å². The molecule has 0 aliphatic carbocycles. The maximum atomic E-state index is 12.5. The van der Waals surface area contributed by atoms with E-state index in [-0.39, 0.29) is 11.0 Å². The number of hydrogen-bond acceptors (Lipinski definition) is 2. The molecule has 0 saturated heterocycles. The molecule has 0 radical (unpaired) electrons. The minimum atomic E-state index is -0.223. The molecular weight excluding hydrogens is 328 g/mol. The van der Waals surface area contributed by atoms with Crippen LogP contribution in [0.5, 0.6) is 0 Å². The number of rotatable bonds is 2. The smallest absolute Gasteiger partial charge is 0.281 e. The lowest BCUT2D eigenvalue weighted by molar-refractivity contribution is 0.515. The van der Waals surface area contributed by atoms with Gasteiger partial charge in [0.2, 0.25) is 0 Å². The van der Waals surface area contributed by atoms with E-state index in [1.165, 1.54) is 5.57 Å². The number of allylic oxidation sites excluding steroid dienone is 3. The Morgan fingerprint density at radius 3 is 2.81 bits per heavy atom. The fourth-order valence-electron chi connectivity index (χ4n) is 3.13. The van der Waals surface area contributed by atoms with Crippen LogP contribution >= 0.6 is 15.9 Å². The Bertz CT molecular complexity index is 863. The summed E-state index contributed by atoms with van der Waals surface area (Å²) < 4.78 is 2.85. The predicted octanol–water partition coefficient (Wildman–Crippen LogP) is 4.26. The van der Waals surface area contributed by atoms with Crippen LogP contribution in [-0.4, -0.2) is 9.55 Å². The number of benzene rings is 1. The summed E-state index contributed by atoms with van der Waals surface area (Å²) in [7, 11) is 0. The maximum absolute atomic E-state index is 12.5. The van der Waals surface area contributed by atoms with Crippen molar-refractivity contribution in [3.8, 4) is 0 Å². The van der Waals surface area contributed by atoms with Crippen molar-refractivity contribution in [3.05, 3.63) is 57.1 Å². The van der Waals surface area contributed by atoms with E-state index in [1.807, 2.05) is 24.3 Å². The minimum Gasteiger partial charge on any atom is -0.297 e. The third-order valence-corrected chi connectivity index (χ3v) is 5.37. The second kappa shape index (κ2) is 4.67. The maximum Gasteiger partial charge on any atom is 0.281 e. The molecule has 1 aromatic carbocycles. The van der Waals surface area contributed by atoms with Gasteiger partial charge in [0, 0.05) is 15.6 Å². The Morgan fingerprint density at radius 1 is 1.48 bits per heavy atom. The molecule has 2 aromatic rings. The molecule has 1 aromatic heterocycles. The Hall–Kier alpha value is -1.68. The monoisotopic (exact) mass is 344 g/mol. The molecule has 1 aliphatic rings. The summed E-state index contributed by atoms with van der Waals surface area (Å²) in [6, 6.07) is 5.78. The Labute approximate surface area is 132 Å². The van der Waals surface area contributed by atoms with Crippen LogP contribution in [0.4, 0.5) is 0 Å². The SMILES string of the molecule is C=CC1=C(C)C(C)(CC)c2nc(=O)c3c(Br)cccc3n21. The lowest BCUT2D eigenvalue weighted by Crippen LogP contribution is -2.27. The van der Waals surface area contributed by atoms with Crippen molar-refractivity contribution in [2.45, 2.75) is 32.6 Å². The molecule has 0 fully saturated rings. The zero-order valence-corrected chi connectivity index (χ0v) is 14.0. The summed E-state index contributed by atoms with van der Waals surface area (Å²) in [6.07, 6.45) is 2.74. The van der Waals surface area contributed by atoms with Gasteiger partial charge in [0.05, 0.1) is 10.9 Å². The molecule has 1 unspecified atom stereocenters. The molecule has 3 rings (SSSR count). The molecule has 2 heterocycles. The summed E-state index contributed by atoms with van der Waals surface area (Å²) in [6.45, 7) is 10.3. The summed E-state index contributed by atoms with van der Waals surface area (Å²) in [5.74, 6) is 0.813. The van der Waals surface area contributed by atoms with Crippen LogP contribution in [-0.2, 0) is 5.41 Å². The summed E-state index contributed by atoms with van der Waals surface area (Å²) >= 11 is 3.46. The Balaban J connectivity index is 2.58. The van der Waals surface area contributed by atoms with E-state index in [0.717, 1.165) is 27.9 Å². The molecule has 0 bridgehead atoms.